The summed E-state index contributed by atoms with van der Waals surface area (Å²) in [5, 5.41) is 3.42. The van der Waals surface area contributed by atoms with Gasteiger partial charge in [0.05, 0.1) is 6.04 Å². The van der Waals surface area contributed by atoms with E-state index in [0.717, 1.165) is 11.5 Å². The number of hydrogen-bond acceptors (Lipinski definition) is 2. The van der Waals surface area contributed by atoms with E-state index in [-0.39, 0.29) is 6.04 Å². The molecule has 0 aliphatic carbocycles. The molecule has 0 aliphatic heterocycles. The molecular formula is C17H23NO. The van der Waals surface area contributed by atoms with Crippen LogP contribution in [0.15, 0.2) is 22.6 Å². The molecule has 2 heteroatoms. The fourth-order valence-corrected chi connectivity index (χ4v) is 2.89. The molecule has 0 saturated heterocycles. The Balaban J connectivity index is 2.56. The molecule has 19 heavy (non-hydrogen) atoms. The second-order valence-electron chi connectivity index (χ2n) is 5.40. The van der Waals surface area contributed by atoms with Gasteiger partial charge in [0.1, 0.15) is 11.5 Å². The Labute approximate surface area is 115 Å². The normalized spacial score (nSPS) is 12.7. The first-order chi connectivity index (χ1) is 8.93. The fourth-order valence-electron chi connectivity index (χ4n) is 2.89. The Bertz CT molecular complexity index is 575. The van der Waals surface area contributed by atoms with Crippen LogP contribution < -0.4 is 5.32 Å². The van der Waals surface area contributed by atoms with Crippen LogP contribution in [0.5, 0.6) is 0 Å². The molecule has 0 radical (unpaired) electrons. The third kappa shape index (κ3) is 2.59. The van der Waals surface area contributed by atoms with Gasteiger partial charge in [0, 0.05) is 5.56 Å². The van der Waals surface area contributed by atoms with Gasteiger partial charge in [0.25, 0.3) is 0 Å². The van der Waals surface area contributed by atoms with Gasteiger partial charge in [-0.05, 0) is 52.8 Å². The van der Waals surface area contributed by atoms with Crippen LogP contribution in [0.2, 0.25) is 0 Å². The third-order valence-electron chi connectivity index (χ3n) is 3.77. The number of aryl methyl sites for hydroxylation is 4. The van der Waals surface area contributed by atoms with Crippen molar-refractivity contribution in [1.82, 2.24) is 5.32 Å². The van der Waals surface area contributed by atoms with Crippen LogP contribution in [0, 0.1) is 34.6 Å². The van der Waals surface area contributed by atoms with Crippen molar-refractivity contribution in [2.45, 2.75) is 40.7 Å². The van der Waals surface area contributed by atoms with Gasteiger partial charge in [-0.1, -0.05) is 29.3 Å². The van der Waals surface area contributed by atoms with Crippen molar-refractivity contribution >= 4 is 0 Å². The predicted molar refractivity (Wildman–Crippen MR) is 79.7 cm³/mol. The van der Waals surface area contributed by atoms with E-state index < -0.39 is 0 Å². The Morgan fingerprint density at radius 3 is 1.89 bits per heavy atom. The van der Waals surface area contributed by atoms with Crippen molar-refractivity contribution in [3.63, 3.8) is 0 Å². The molecule has 2 nitrogen and oxygen atoms in total. The minimum atomic E-state index is 0.191. The van der Waals surface area contributed by atoms with Gasteiger partial charge in [-0.2, -0.15) is 0 Å². The number of rotatable bonds is 3. The lowest BCUT2D eigenvalue weighted by Crippen LogP contribution is -2.19. The van der Waals surface area contributed by atoms with E-state index >= 15 is 0 Å². The summed E-state index contributed by atoms with van der Waals surface area (Å²) >= 11 is 0. The van der Waals surface area contributed by atoms with Gasteiger partial charge < -0.3 is 9.73 Å². The highest BCUT2D eigenvalue weighted by atomic mass is 16.3. The molecule has 0 fully saturated rings. The Hall–Kier alpha value is -1.54. The van der Waals surface area contributed by atoms with Crippen molar-refractivity contribution in [3.8, 4) is 0 Å². The molecule has 0 amide bonds. The second-order valence-corrected chi connectivity index (χ2v) is 5.40. The van der Waals surface area contributed by atoms with Crippen molar-refractivity contribution < 1.29 is 4.42 Å². The standard InChI is InChI=1S/C17H23NO/c1-10-7-11(2)9-15(8-10)17(18-6)16-12(3)13(4)19-14(16)5/h7-9,17-18H,1-6H3. The summed E-state index contributed by atoms with van der Waals surface area (Å²) < 4.78 is 5.77. The van der Waals surface area contributed by atoms with E-state index in [1.807, 2.05) is 20.9 Å². The van der Waals surface area contributed by atoms with Gasteiger partial charge in [-0.15, -0.1) is 0 Å². The molecule has 102 valence electrons. The number of nitrogens with one attached hydrogen (secondary N) is 1. The van der Waals surface area contributed by atoms with Gasteiger partial charge in [-0.3, -0.25) is 0 Å². The largest absolute Gasteiger partial charge is 0.466 e. The lowest BCUT2D eigenvalue weighted by atomic mass is 9.93. The first kappa shape index (κ1) is 13.9. The highest BCUT2D eigenvalue weighted by Crippen LogP contribution is 2.32. The summed E-state index contributed by atoms with van der Waals surface area (Å²) in [5.41, 5.74) is 6.41. The van der Waals surface area contributed by atoms with Gasteiger partial charge in [0.2, 0.25) is 0 Å². The van der Waals surface area contributed by atoms with E-state index in [9.17, 15) is 0 Å². The van der Waals surface area contributed by atoms with Crippen LogP contribution in [0.1, 0.15) is 45.4 Å². The summed E-state index contributed by atoms with van der Waals surface area (Å²) in [6.07, 6.45) is 0. The Kier molecular flexibility index (Phi) is 3.81. The van der Waals surface area contributed by atoms with E-state index in [0.29, 0.717) is 0 Å². The molecular weight excluding hydrogens is 234 g/mol. The first-order valence-electron chi connectivity index (χ1n) is 6.76. The maximum absolute atomic E-state index is 5.77. The molecule has 1 N–H and O–H groups in total. The zero-order valence-electron chi connectivity index (χ0n) is 12.7. The topological polar surface area (TPSA) is 25.2 Å². The number of benzene rings is 1. The predicted octanol–water partition coefficient (Wildman–Crippen LogP) is 4.13. The Morgan fingerprint density at radius 1 is 0.895 bits per heavy atom. The maximum Gasteiger partial charge on any atom is 0.106 e. The average Bonchev–Trinajstić information content (AvgIpc) is 2.56. The van der Waals surface area contributed by atoms with Crippen LogP contribution in [0.3, 0.4) is 0 Å². The summed E-state index contributed by atoms with van der Waals surface area (Å²) in [5.74, 6) is 2.02. The van der Waals surface area contributed by atoms with Crippen LogP contribution in [0.4, 0.5) is 0 Å². The minimum Gasteiger partial charge on any atom is -0.466 e. The molecule has 0 aliphatic rings. The quantitative estimate of drug-likeness (QED) is 0.894. The van der Waals surface area contributed by atoms with Crippen LogP contribution >= 0.6 is 0 Å². The molecule has 1 atom stereocenters. The zero-order chi connectivity index (χ0) is 14.2. The molecule has 0 spiro atoms. The Morgan fingerprint density at radius 2 is 1.47 bits per heavy atom. The van der Waals surface area contributed by atoms with E-state index in [2.05, 4.69) is 44.3 Å². The molecule has 1 heterocycles. The lowest BCUT2D eigenvalue weighted by molar-refractivity contribution is 0.495. The van der Waals surface area contributed by atoms with Gasteiger partial charge >= 0.3 is 0 Å². The smallest absolute Gasteiger partial charge is 0.106 e. The van der Waals surface area contributed by atoms with Gasteiger partial charge in [0.15, 0.2) is 0 Å². The highest BCUT2D eigenvalue weighted by Gasteiger charge is 2.21. The van der Waals surface area contributed by atoms with Crippen LogP contribution in [-0.4, -0.2) is 7.05 Å². The van der Waals surface area contributed by atoms with E-state index in [1.165, 1.54) is 27.8 Å². The molecule has 0 bridgehead atoms. The maximum atomic E-state index is 5.77. The van der Waals surface area contributed by atoms with Crippen LogP contribution in [0.25, 0.3) is 0 Å². The number of furan rings is 1. The van der Waals surface area contributed by atoms with Crippen molar-refractivity contribution in [2.75, 3.05) is 7.05 Å². The van der Waals surface area contributed by atoms with Crippen molar-refractivity contribution in [2.24, 2.45) is 0 Å². The summed E-state index contributed by atoms with van der Waals surface area (Å²) in [6.45, 7) is 10.5. The van der Waals surface area contributed by atoms with Crippen molar-refractivity contribution in [3.05, 3.63) is 57.5 Å². The molecule has 2 aromatic rings. The van der Waals surface area contributed by atoms with Gasteiger partial charge in [-0.25, -0.2) is 0 Å². The SMILES string of the molecule is CNC(c1cc(C)cc(C)c1)c1c(C)oc(C)c1C. The average molecular weight is 257 g/mol. The van der Waals surface area contributed by atoms with Crippen LogP contribution in [-0.2, 0) is 0 Å². The first-order valence-corrected chi connectivity index (χ1v) is 6.76. The molecule has 1 unspecified atom stereocenters. The monoisotopic (exact) mass is 257 g/mol. The minimum absolute atomic E-state index is 0.191. The fraction of sp³-hybridized carbons (Fsp3) is 0.412. The molecule has 0 saturated carbocycles. The zero-order valence-corrected chi connectivity index (χ0v) is 12.7. The number of hydrogen-bond donors (Lipinski definition) is 1. The third-order valence-corrected chi connectivity index (χ3v) is 3.77. The van der Waals surface area contributed by atoms with E-state index in [4.69, 9.17) is 4.42 Å². The highest BCUT2D eigenvalue weighted by molar-refractivity contribution is 5.42. The summed E-state index contributed by atoms with van der Waals surface area (Å²) in [4.78, 5) is 0. The summed E-state index contributed by atoms with van der Waals surface area (Å²) in [6, 6.07) is 6.89. The lowest BCUT2D eigenvalue weighted by Gasteiger charge is -2.19. The second kappa shape index (κ2) is 5.22. The molecule has 1 aromatic carbocycles. The summed E-state index contributed by atoms with van der Waals surface area (Å²) in [7, 11) is 2.00. The molecule has 1 aromatic heterocycles. The van der Waals surface area contributed by atoms with Crippen molar-refractivity contribution in [1.29, 1.82) is 0 Å². The molecule has 2 rings (SSSR count). The van der Waals surface area contributed by atoms with E-state index in [1.54, 1.807) is 0 Å².